The molecule has 8 heteroatoms. The van der Waals surface area contributed by atoms with Gasteiger partial charge in [-0.3, -0.25) is 19.3 Å². The summed E-state index contributed by atoms with van der Waals surface area (Å²) in [5.74, 6) is 6.66. The molecule has 2 fully saturated rings. The van der Waals surface area contributed by atoms with Crippen molar-refractivity contribution in [1.29, 1.82) is 0 Å². The first kappa shape index (κ1) is 31.5. The Labute approximate surface area is 250 Å². The van der Waals surface area contributed by atoms with E-state index in [4.69, 9.17) is 0 Å². The summed E-state index contributed by atoms with van der Waals surface area (Å²) >= 11 is 0. The first-order valence-electron chi connectivity index (χ1n) is 15.3. The number of aromatic amines is 1. The summed E-state index contributed by atoms with van der Waals surface area (Å²) in [7, 11) is 4.31. The van der Waals surface area contributed by atoms with Gasteiger partial charge in [-0.05, 0) is 95.8 Å². The van der Waals surface area contributed by atoms with E-state index in [-0.39, 0.29) is 29.7 Å². The van der Waals surface area contributed by atoms with E-state index in [0.29, 0.717) is 42.8 Å². The third-order valence-electron chi connectivity index (χ3n) is 8.80. The number of H-pyrrole nitrogens is 1. The molecule has 1 aliphatic carbocycles. The van der Waals surface area contributed by atoms with Crippen molar-refractivity contribution in [2.24, 2.45) is 0 Å². The Hall–Kier alpha value is -3.41. The van der Waals surface area contributed by atoms with E-state index >= 15 is 0 Å². The summed E-state index contributed by atoms with van der Waals surface area (Å²) in [4.78, 5) is 47.6. The molecule has 0 radical (unpaired) electrons. The fourth-order valence-electron chi connectivity index (χ4n) is 6.34. The van der Waals surface area contributed by atoms with Crippen LogP contribution < -0.4 is 15.8 Å². The molecule has 1 saturated carbocycles. The second-order valence-corrected chi connectivity index (χ2v) is 12.4. The molecule has 8 nitrogen and oxygen atoms in total. The minimum Gasteiger partial charge on any atom is -0.369 e. The molecule has 2 N–H and O–H groups in total. The topological polar surface area (TPSA) is 88.7 Å². The first-order chi connectivity index (χ1) is 20.0. The van der Waals surface area contributed by atoms with E-state index in [1.54, 1.807) is 0 Å². The van der Waals surface area contributed by atoms with Gasteiger partial charge in [0.25, 0.3) is 11.5 Å². The van der Waals surface area contributed by atoms with Crippen LogP contribution in [0.3, 0.4) is 0 Å². The Morgan fingerprint density at radius 2 is 1.74 bits per heavy atom. The Morgan fingerprint density at radius 3 is 2.33 bits per heavy atom. The van der Waals surface area contributed by atoms with Crippen molar-refractivity contribution in [3.63, 3.8) is 0 Å². The fourth-order valence-corrected chi connectivity index (χ4v) is 6.34. The molecule has 42 heavy (non-hydrogen) atoms. The van der Waals surface area contributed by atoms with E-state index < -0.39 is 0 Å². The van der Waals surface area contributed by atoms with Gasteiger partial charge < -0.3 is 20.1 Å². The van der Waals surface area contributed by atoms with Crippen molar-refractivity contribution in [1.82, 2.24) is 20.1 Å². The van der Waals surface area contributed by atoms with Gasteiger partial charge in [-0.2, -0.15) is 0 Å². The number of nitrogens with zero attached hydrogens (tertiary/aromatic N) is 3. The monoisotopic (exact) mass is 573 g/mol. The largest absolute Gasteiger partial charge is 0.369 e. The van der Waals surface area contributed by atoms with Crippen molar-refractivity contribution < 1.29 is 9.59 Å². The zero-order valence-electron chi connectivity index (χ0n) is 26.4. The lowest BCUT2D eigenvalue weighted by molar-refractivity contribution is -0.128. The van der Waals surface area contributed by atoms with Crippen LogP contribution in [-0.2, 0) is 11.3 Å². The molecule has 4 rings (SSSR count). The number of aryl methyl sites for hydroxylation is 1. The van der Waals surface area contributed by atoms with Gasteiger partial charge in [0.05, 0.1) is 19.6 Å². The maximum absolute atomic E-state index is 13.7. The average Bonchev–Trinajstić information content (AvgIpc) is 2.93. The van der Waals surface area contributed by atoms with Crippen LogP contribution >= 0.6 is 0 Å². The predicted octanol–water partition coefficient (Wildman–Crippen LogP) is 3.98. The standard InChI is InChI=1S/C34H47N5O3/c1-8-39(27-13-11-26(12-14-27)37(6)7)32-18-25(10-9-15-38-20-28(40)21-38)17-30(24(32)5)33(41)35-19-31-29(22(2)3)16-23(4)36-34(31)42/h16-18,22,26-27H,8,11-15,19-21H2,1-7H3,(H,35,41)(H,36,42). The number of nitrogens with one attached hydrogen (secondary N) is 2. The number of hydrogen-bond donors (Lipinski definition) is 2. The molecule has 2 aliphatic rings. The minimum atomic E-state index is -0.215. The molecule has 0 bridgehead atoms. The summed E-state index contributed by atoms with van der Waals surface area (Å²) in [6, 6.07) is 6.97. The van der Waals surface area contributed by atoms with Gasteiger partial charge in [0.2, 0.25) is 0 Å². The number of rotatable bonds is 9. The van der Waals surface area contributed by atoms with Crippen LogP contribution in [-0.4, -0.2) is 78.8 Å². The quantitative estimate of drug-likeness (QED) is 0.442. The highest BCUT2D eigenvalue weighted by molar-refractivity contribution is 5.97. The van der Waals surface area contributed by atoms with Gasteiger partial charge in [0, 0.05) is 53.2 Å². The van der Waals surface area contributed by atoms with Gasteiger partial charge in [0.15, 0.2) is 5.78 Å². The second-order valence-electron chi connectivity index (χ2n) is 12.4. The Morgan fingerprint density at radius 1 is 1.07 bits per heavy atom. The predicted molar refractivity (Wildman–Crippen MR) is 169 cm³/mol. The fraction of sp³-hybridized carbons (Fsp3) is 0.559. The zero-order valence-corrected chi connectivity index (χ0v) is 26.4. The first-order valence-corrected chi connectivity index (χ1v) is 15.3. The van der Waals surface area contributed by atoms with Gasteiger partial charge in [-0.15, -0.1) is 0 Å². The average molecular weight is 574 g/mol. The number of ketones is 1. The molecule has 0 spiro atoms. The molecule has 0 atom stereocenters. The van der Waals surface area contributed by atoms with Gasteiger partial charge in [0.1, 0.15) is 0 Å². The highest BCUT2D eigenvalue weighted by Gasteiger charge is 2.28. The molecule has 2 heterocycles. The number of anilines is 1. The number of carbonyl (C=O) groups excluding carboxylic acids is 2. The molecule has 1 aromatic heterocycles. The van der Waals surface area contributed by atoms with E-state index in [0.717, 1.165) is 60.3 Å². The van der Waals surface area contributed by atoms with E-state index in [2.05, 4.69) is 72.9 Å². The number of likely N-dealkylation sites (tertiary alicyclic amines) is 1. The highest BCUT2D eigenvalue weighted by atomic mass is 16.2. The Balaban J connectivity index is 1.64. The molecular formula is C34H47N5O3. The van der Waals surface area contributed by atoms with Crippen LogP contribution in [0, 0.1) is 25.7 Å². The molecule has 2 aromatic rings. The molecule has 1 aromatic carbocycles. The molecule has 1 amide bonds. The van der Waals surface area contributed by atoms with E-state index in [1.165, 1.54) is 0 Å². The number of amides is 1. The lowest BCUT2D eigenvalue weighted by atomic mass is 9.88. The van der Waals surface area contributed by atoms with Crippen molar-refractivity contribution in [2.75, 3.05) is 45.2 Å². The van der Waals surface area contributed by atoms with Crippen LogP contribution in [0.2, 0.25) is 0 Å². The smallest absolute Gasteiger partial charge is 0.253 e. The number of benzene rings is 1. The van der Waals surface area contributed by atoms with Gasteiger partial charge in [-0.1, -0.05) is 25.7 Å². The summed E-state index contributed by atoms with van der Waals surface area (Å²) in [6.07, 6.45) is 4.51. The van der Waals surface area contributed by atoms with Crippen molar-refractivity contribution >= 4 is 17.4 Å². The summed E-state index contributed by atoms with van der Waals surface area (Å²) < 4.78 is 0. The second kappa shape index (κ2) is 13.7. The number of aromatic nitrogens is 1. The summed E-state index contributed by atoms with van der Waals surface area (Å²) in [5.41, 5.74) is 5.51. The number of Topliss-reactive ketones (excluding diaryl/α,β-unsaturated/α-hetero) is 1. The molecule has 1 aliphatic heterocycles. The van der Waals surface area contributed by atoms with E-state index in [1.807, 2.05) is 30.9 Å². The van der Waals surface area contributed by atoms with E-state index in [9.17, 15) is 14.4 Å². The van der Waals surface area contributed by atoms with Crippen LogP contribution in [0.5, 0.6) is 0 Å². The maximum Gasteiger partial charge on any atom is 0.253 e. The number of pyridine rings is 1. The zero-order chi connectivity index (χ0) is 30.6. The molecular weight excluding hydrogens is 526 g/mol. The summed E-state index contributed by atoms with van der Waals surface area (Å²) in [6.45, 7) is 12.6. The normalized spacial score (nSPS) is 18.9. The lowest BCUT2D eigenvalue weighted by Gasteiger charge is -2.40. The molecule has 0 unspecified atom stereocenters. The van der Waals surface area contributed by atoms with Crippen LogP contribution in [0.1, 0.15) is 90.7 Å². The minimum absolute atomic E-state index is 0.154. The van der Waals surface area contributed by atoms with Gasteiger partial charge >= 0.3 is 0 Å². The van der Waals surface area contributed by atoms with Gasteiger partial charge in [-0.25, -0.2) is 0 Å². The van der Waals surface area contributed by atoms with Crippen molar-refractivity contribution in [2.45, 2.75) is 84.8 Å². The van der Waals surface area contributed by atoms with Crippen LogP contribution in [0.25, 0.3) is 0 Å². The third-order valence-corrected chi connectivity index (χ3v) is 8.80. The SMILES string of the molecule is CCN(c1cc(C#CCN2CC(=O)C2)cc(C(=O)NCc2c(C(C)C)cc(C)[nH]c2=O)c1C)C1CCC(N(C)C)CC1. The number of hydrogen-bond acceptors (Lipinski definition) is 6. The van der Waals surface area contributed by atoms with Crippen molar-refractivity contribution in [3.8, 4) is 11.8 Å². The Kier molecular flexibility index (Phi) is 10.3. The molecule has 1 saturated heterocycles. The lowest BCUT2D eigenvalue weighted by Crippen LogP contribution is -2.47. The number of carbonyl (C=O) groups is 2. The molecule has 226 valence electrons. The summed E-state index contributed by atoms with van der Waals surface area (Å²) in [5, 5.41) is 3.04. The third kappa shape index (κ3) is 7.32. The van der Waals surface area contributed by atoms with Crippen LogP contribution in [0.4, 0.5) is 5.69 Å². The Bertz CT molecular complexity index is 1420. The van der Waals surface area contributed by atoms with Crippen molar-refractivity contribution in [3.05, 3.63) is 62.1 Å². The maximum atomic E-state index is 13.7. The highest BCUT2D eigenvalue weighted by Crippen LogP contribution is 2.33. The van der Waals surface area contributed by atoms with Crippen LogP contribution in [0.15, 0.2) is 23.0 Å².